The molecule has 2 aromatic carbocycles. The molecule has 9 nitrogen and oxygen atoms in total. The summed E-state index contributed by atoms with van der Waals surface area (Å²) >= 11 is 0. The highest BCUT2D eigenvalue weighted by molar-refractivity contribution is 6.06. The maximum atomic E-state index is 13.1. The van der Waals surface area contributed by atoms with Crippen molar-refractivity contribution in [2.75, 3.05) is 49.5 Å². The molecule has 0 radical (unpaired) electrons. The Morgan fingerprint density at radius 1 is 1.06 bits per heavy atom. The zero-order valence-electron chi connectivity index (χ0n) is 20.1. The van der Waals surface area contributed by atoms with Crippen LogP contribution in [0.2, 0.25) is 0 Å². The number of nitrogens with one attached hydrogen (secondary N) is 2. The summed E-state index contributed by atoms with van der Waals surface area (Å²) in [5, 5.41) is 17.0. The Bertz CT molecular complexity index is 1050. The number of hydrogen-bond acceptors (Lipinski definition) is 6. The summed E-state index contributed by atoms with van der Waals surface area (Å²) in [5.74, 6) is -0.652. The minimum atomic E-state index is -0.502. The number of amides is 2. The van der Waals surface area contributed by atoms with Crippen molar-refractivity contribution in [3.63, 3.8) is 0 Å². The van der Waals surface area contributed by atoms with Gasteiger partial charge in [0, 0.05) is 54.7 Å². The van der Waals surface area contributed by atoms with Crippen molar-refractivity contribution in [2.45, 2.75) is 33.6 Å². The van der Waals surface area contributed by atoms with E-state index in [4.69, 9.17) is 0 Å². The summed E-state index contributed by atoms with van der Waals surface area (Å²) in [5.41, 5.74) is 2.39. The third-order valence-electron chi connectivity index (χ3n) is 6.22. The second-order valence-corrected chi connectivity index (χ2v) is 8.42. The fourth-order valence-electron chi connectivity index (χ4n) is 4.14. The van der Waals surface area contributed by atoms with Gasteiger partial charge in [0.05, 0.1) is 10.5 Å². The quantitative estimate of drug-likeness (QED) is 0.406. The number of aryl methyl sites for hydroxylation is 1. The SMILES string of the molecule is CCN(CC)CCNC(=O)c1cc(NC(=O)c2ccc(C)c([N+](=O)[O-])c2)ccc1N1CCCC1. The molecule has 1 fully saturated rings. The van der Waals surface area contributed by atoms with Crippen LogP contribution in [0.3, 0.4) is 0 Å². The van der Waals surface area contributed by atoms with Crippen LogP contribution >= 0.6 is 0 Å². The number of nitrogens with zero attached hydrogens (tertiary/aromatic N) is 3. The first kappa shape index (κ1) is 25.2. The lowest BCUT2D eigenvalue weighted by Gasteiger charge is -2.23. The Labute approximate surface area is 200 Å². The molecule has 3 rings (SSSR count). The van der Waals surface area contributed by atoms with Gasteiger partial charge in [0.25, 0.3) is 17.5 Å². The van der Waals surface area contributed by atoms with Gasteiger partial charge in [-0.15, -0.1) is 0 Å². The Hall–Kier alpha value is -3.46. The first-order valence-corrected chi connectivity index (χ1v) is 11.8. The molecule has 2 amide bonds. The standard InChI is InChI=1S/C25H33N5O4/c1-4-28(5-2)15-12-26-25(32)21-17-20(10-11-22(21)29-13-6-7-14-29)27-24(31)19-9-8-18(3)23(16-19)30(33)34/h8-11,16-17H,4-7,12-15H2,1-3H3,(H,26,32)(H,27,31). The highest BCUT2D eigenvalue weighted by Gasteiger charge is 2.21. The van der Waals surface area contributed by atoms with Crippen LogP contribution in [-0.4, -0.2) is 60.9 Å². The molecule has 0 spiro atoms. The number of hydrogen-bond donors (Lipinski definition) is 2. The third kappa shape index (κ3) is 6.11. The van der Waals surface area contributed by atoms with Gasteiger partial charge in [-0.05, 0) is 57.1 Å². The summed E-state index contributed by atoms with van der Waals surface area (Å²) in [6.45, 7) is 10.7. The van der Waals surface area contributed by atoms with Gasteiger partial charge in [-0.3, -0.25) is 19.7 Å². The normalized spacial score (nSPS) is 13.2. The molecule has 2 N–H and O–H groups in total. The summed E-state index contributed by atoms with van der Waals surface area (Å²) < 4.78 is 0. The van der Waals surface area contributed by atoms with Crippen LogP contribution in [0.15, 0.2) is 36.4 Å². The van der Waals surface area contributed by atoms with E-state index in [2.05, 4.69) is 34.3 Å². The highest BCUT2D eigenvalue weighted by atomic mass is 16.6. The van der Waals surface area contributed by atoms with Crippen LogP contribution in [0.25, 0.3) is 0 Å². The number of nitro groups is 1. The van der Waals surface area contributed by atoms with E-state index in [-0.39, 0.29) is 17.2 Å². The van der Waals surface area contributed by atoms with E-state index in [9.17, 15) is 19.7 Å². The van der Waals surface area contributed by atoms with Gasteiger partial charge in [-0.1, -0.05) is 19.9 Å². The molecule has 0 aromatic heterocycles. The lowest BCUT2D eigenvalue weighted by atomic mass is 10.1. The van der Waals surface area contributed by atoms with E-state index < -0.39 is 10.8 Å². The number of likely N-dealkylation sites (N-methyl/N-ethyl adjacent to an activating group) is 1. The monoisotopic (exact) mass is 467 g/mol. The van der Waals surface area contributed by atoms with Crippen LogP contribution in [0.1, 0.15) is 53.0 Å². The van der Waals surface area contributed by atoms with Crippen molar-refractivity contribution in [1.82, 2.24) is 10.2 Å². The highest BCUT2D eigenvalue weighted by Crippen LogP contribution is 2.28. The summed E-state index contributed by atoms with van der Waals surface area (Å²) in [7, 11) is 0. The average Bonchev–Trinajstić information content (AvgIpc) is 3.36. The first-order chi connectivity index (χ1) is 16.3. The van der Waals surface area contributed by atoms with Crippen molar-refractivity contribution in [3.05, 3.63) is 63.2 Å². The Kier molecular flexibility index (Phi) is 8.59. The molecule has 0 aliphatic carbocycles. The second-order valence-electron chi connectivity index (χ2n) is 8.42. The molecule has 0 unspecified atom stereocenters. The molecule has 0 bridgehead atoms. The van der Waals surface area contributed by atoms with E-state index in [0.717, 1.165) is 51.3 Å². The lowest BCUT2D eigenvalue weighted by molar-refractivity contribution is -0.385. The molecule has 34 heavy (non-hydrogen) atoms. The van der Waals surface area contributed by atoms with Crippen molar-refractivity contribution in [1.29, 1.82) is 0 Å². The topological polar surface area (TPSA) is 108 Å². The number of rotatable bonds is 10. The van der Waals surface area contributed by atoms with E-state index in [1.807, 2.05) is 6.07 Å². The molecular weight excluding hydrogens is 434 g/mol. The zero-order chi connectivity index (χ0) is 24.7. The zero-order valence-corrected chi connectivity index (χ0v) is 20.1. The van der Waals surface area contributed by atoms with Gasteiger partial charge < -0.3 is 20.4 Å². The van der Waals surface area contributed by atoms with Crippen molar-refractivity contribution in [3.8, 4) is 0 Å². The average molecular weight is 468 g/mol. The Balaban J connectivity index is 1.80. The van der Waals surface area contributed by atoms with Gasteiger partial charge in [0.2, 0.25) is 0 Å². The molecule has 1 aliphatic heterocycles. The smallest absolute Gasteiger partial charge is 0.273 e. The van der Waals surface area contributed by atoms with E-state index >= 15 is 0 Å². The first-order valence-electron chi connectivity index (χ1n) is 11.8. The summed E-state index contributed by atoms with van der Waals surface area (Å²) in [4.78, 5) is 41.0. The van der Waals surface area contributed by atoms with Crippen molar-refractivity contribution < 1.29 is 14.5 Å². The minimum absolute atomic E-state index is 0.106. The van der Waals surface area contributed by atoms with Crippen molar-refractivity contribution >= 4 is 28.9 Å². The molecule has 9 heteroatoms. The minimum Gasteiger partial charge on any atom is -0.371 e. The molecule has 0 atom stereocenters. The van der Waals surface area contributed by atoms with E-state index in [1.165, 1.54) is 6.07 Å². The Morgan fingerprint density at radius 2 is 1.76 bits per heavy atom. The van der Waals surface area contributed by atoms with Crippen LogP contribution in [0, 0.1) is 17.0 Å². The summed E-state index contributed by atoms with van der Waals surface area (Å²) in [6, 6.07) is 9.68. The predicted octanol–water partition coefficient (Wildman–Crippen LogP) is 3.83. The van der Waals surface area contributed by atoms with Crippen molar-refractivity contribution in [2.24, 2.45) is 0 Å². The van der Waals surface area contributed by atoms with Gasteiger partial charge in [-0.2, -0.15) is 0 Å². The predicted molar refractivity (Wildman–Crippen MR) is 134 cm³/mol. The number of anilines is 2. The van der Waals surface area contributed by atoms with Gasteiger partial charge in [0.1, 0.15) is 0 Å². The number of carbonyl (C=O) groups is 2. The molecule has 182 valence electrons. The molecule has 0 saturated carbocycles. The fraction of sp³-hybridized carbons (Fsp3) is 0.440. The number of nitro benzene ring substituents is 1. The van der Waals surface area contributed by atoms with Crippen LogP contribution in [0.4, 0.5) is 17.1 Å². The molecular formula is C25H33N5O4. The van der Waals surface area contributed by atoms with E-state index in [0.29, 0.717) is 23.4 Å². The number of benzene rings is 2. The largest absolute Gasteiger partial charge is 0.371 e. The maximum absolute atomic E-state index is 13.1. The van der Waals surface area contributed by atoms with Gasteiger partial charge in [-0.25, -0.2) is 0 Å². The lowest BCUT2D eigenvalue weighted by Crippen LogP contribution is -2.35. The Morgan fingerprint density at radius 3 is 2.41 bits per heavy atom. The fourth-order valence-corrected chi connectivity index (χ4v) is 4.14. The molecule has 2 aromatic rings. The van der Waals surface area contributed by atoms with E-state index in [1.54, 1.807) is 31.2 Å². The molecule has 1 saturated heterocycles. The van der Waals surface area contributed by atoms with Crippen LogP contribution < -0.4 is 15.5 Å². The third-order valence-corrected chi connectivity index (χ3v) is 6.22. The van der Waals surface area contributed by atoms with Crippen LogP contribution in [0.5, 0.6) is 0 Å². The van der Waals surface area contributed by atoms with Gasteiger partial charge in [0.15, 0.2) is 0 Å². The van der Waals surface area contributed by atoms with Gasteiger partial charge >= 0.3 is 0 Å². The number of carbonyl (C=O) groups excluding carboxylic acids is 2. The maximum Gasteiger partial charge on any atom is 0.273 e. The molecule has 1 heterocycles. The summed E-state index contributed by atoms with van der Waals surface area (Å²) in [6.07, 6.45) is 2.15. The van der Waals surface area contributed by atoms with Crippen LogP contribution in [-0.2, 0) is 0 Å². The second kappa shape index (κ2) is 11.6. The molecule has 1 aliphatic rings.